The maximum atomic E-state index is 12.7. The van der Waals surface area contributed by atoms with Gasteiger partial charge in [-0.25, -0.2) is 0 Å². The van der Waals surface area contributed by atoms with Crippen LogP contribution in [0.25, 0.3) is 0 Å². The zero-order valence-corrected chi connectivity index (χ0v) is 11.4. The van der Waals surface area contributed by atoms with E-state index in [0.717, 1.165) is 24.1 Å². The molecule has 0 radical (unpaired) electrons. The topological polar surface area (TPSA) is 32.3 Å². The van der Waals surface area contributed by atoms with E-state index in [1.54, 1.807) is 0 Å². The Morgan fingerprint density at radius 3 is 2.44 bits per heavy atom. The second-order valence-corrected chi connectivity index (χ2v) is 5.14. The van der Waals surface area contributed by atoms with Gasteiger partial charge in [-0.15, -0.1) is 0 Å². The van der Waals surface area contributed by atoms with Gasteiger partial charge in [0.15, 0.2) is 0 Å². The van der Waals surface area contributed by atoms with Crippen molar-refractivity contribution in [2.45, 2.75) is 45.2 Å². The van der Waals surface area contributed by atoms with Crippen molar-refractivity contribution in [3.63, 3.8) is 0 Å². The molecule has 0 spiro atoms. The average Bonchev–Trinajstić information content (AvgIpc) is 2.38. The van der Waals surface area contributed by atoms with E-state index in [1.165, 1.54) is 6.42 Å². The van der Waals surface area contributed by atoms with Gasteiger partial charge in [-0.05, 0) is 45.2 Å². The second kappa shape index (κ2) is 5.42. The zero-order chi connectivity index (χ0) is 13.1. The highest BCUT2D eigenvalue weighted by Gasteiger charge is 2.30. The number of carbonyl (C=O) groups is 1. The lowest BCUT2D eigenvalue weighted by atomic mass is 9.96. The lowest BCUT2D eigenvalue weighted by Gasteiger charge is -2.39. The lowest BCUT2D eigenvalue weighted by Crippen LogP contribution is -2.47. The fraction of sp³-hybridized carbons (Fsp3) is 0.533. The van der Waals surface area contributed by atoms with E-state index in [2.05, 4.69) is 19.2 Å². The first-order valence-electron chi connectivity index (χ1n) is 6.74. The van der Waals surface area contributed by atoms with Gasteiger partial charge in [0.25, 0.3) is 5.91 Å². The summed E-state index contributed by atoms with van der Waals surface area (Å²) in [5, 5.41) is 3.10. The van der Waals surface area contributed by atoms with Crippen LogP contribution in [-0.2, 0) is 0 Å². The van der Waals surface area contributed by atoms with Crippen molar-refractivity contribution in [3.05, 3.63) is 29.8 Å². The molecule has 98 valence electrons. The van der Waals surface area contributed by atoms with Crippen LogP contribution in [0.2, 0.25) is 0 Å². The van der Waals surface area contributed by atoms with Gasteiger partial charge in [-0.2, -0.15) is 0 Å². The van der Waals surface area contributed by atoms with Crippen molar-refractivity contribution < 1.29 is 4.79 Å². The molecule has 0 aromatic heterocycles. The van der Waals surface area contributed by atoms with Crippen LogP contribution in [0.3, 0.4) is 0 Å². The molecule has 3 heteroatoms. The van der Waals surface area contributed by atoms with Crippen molar-refractivity contribution in [2.24, 2.45) is 0 Å². The maximum Gasteiger partial charge on any atom is 0.256 e. The maximum absolute atomic E-state index is 12.7. The summed E-state index contributed by atoms with van der Waals surface area (Å²) in [5.41, 5.74) is 1.69. The Hall–Kier alpha value is -1.51. The standard InChI is InChI=1S/C15H22N2O/c1-11-7-6-8-12(2)17(11)15(18)13-9-4-5-10-14(13)16-3/h4-5,9-12,16H,6-8H2,1-3H3. The fourth-order valence-corrected chi connectivity index (χ4v) is 2.85. The molecule has 1 N–H and O–H groups in total. The Bertz CT molecular complexity index is 420. The Balaban J connectivity index is 2.29. The molecular weight excluding hydrogens is 224 g/mol. The summed E-state index contributed by atoms with van der Waals surface area (Å²) in [4.78, 5) is 14.7. The van der Waals surface area contributed by atoms with Crippen LogP contribution in [0.5, 0.6) is 0 Å². The molecule has 2 unspecified atom stereocenters. The molecule has 2 atom stereocenters. The van der Waals surface area contributed by atoms with Gasteiger partial charge in [0.05, 0.1) is 5.56 Å². The number of nitrogens with one attached hydrogen (secondary N) is 1. The van der Waals surface area contributed by atoms with Crippen LogP contribution in [0.4, 0.5) is 5.69 Å². The summed E-state index contributed by atoms with van der Waals surface area (Å²) >= 11 is 0. The molecule has 0 aliphatic carbocycles. The molecule has 0 bridgehead atoms. The average molecular weight is 246 g/mol. The van der Waals surface area contributed by atoms with E-state index in [-0.39, 0.29) is 5.91 Å². The van der Waals surface area contributed by atoms with Crippen molar-refractivity contribution in [1.29, 1.82) is 0 Å². The van der Waals surface area contributed by atoms with Crippen LogP contribution in [0.15, 0.2) is 24.3 Å². The normalized spacial score (nSPS) is 23.8. The van der Waals surface area contributed by atoms with Crippen LogP contribution in [0, 0.1) is 0 Å². The van der Waals surface area contributed by atoms with Crippen LogP contribution in [0.1, 0.15) is 43.5 Å². The zero-order valence-electron chi connectivity index (χ0n) is 11.4. The highest BCUT2D eigenvalue weighted by atomic mass is 16.2. The molecule has 2 rings (SSSR count). The molecule has 1 fully saturated rings. The van der Waals surface area contributed by atoms with Gasteiger partial charge in [0, 0.05) is 24.8 Å². The summed E-state index contributed by atoms with van der Waals surface area (Å²) in [5.74, 6) is 0.152. The highest BCUT2D eigenvalue weighted by Crippen LogP contribution is 2.26. The summed E-state index contributed by atoms with van der Waals surface area (Å²) in [6.07, 6.45) is 3.44. The monoisotopic (exact) mass is 246 g/mol. The quantitative estimate of drug-likeness (QED) is 0.869. The SMILES string of the molecule is CNc1ccccc1C(=O)N1C(C)CCCC1C. The number of benzene rings is 1. The third kappa shape index (κ3) is 2.35. The third-order valence-corrected chi connectivity index (χ3v) is 3.85. The third-order valence-electron chi connectivity index (χ3n) is 3.85. The Labute approximate surface area is 109 Å². The smallest absolute Gasteiger partial charge is 0.256 e. The van der Waals surface area contributed by atoms with E-state index in [1.807, 2.05) is 36.2 Å². The number of hydrogen-bond donors (Lipinski definition) is 1. The predicted octanol–water partition coefficient (Wildman–Crippen LogP) is 3.13. The summed E-state index contributed by atoms with van der Waals surface area (Å²) in [6, 6.07) is 8.41. The van der Waals surface area contributed by atoms with Gasteiger partial charge in [0.1, 0.15) is 0 Å². The summed E-state index contributed by atoms with van der Waals surface area (Å²) < 4.78 is 0. The molecule has 1 aromatic carbocycles. The fourth-order valence-electron chi connectivity index (χ4n) is 2.85. The number of piperidine rings is 1. The molecule has 0 saturated carbocycles. The lowest BCUT2D eigenvalue weighted by molar-refractivity contribution is 0.0512. The number of para-hydroxylation sites is 1. The molecule has 1 saturated heterocycles. The highest BCUT2D eigenvalue weighted by molar-refractivity contribution is 6.00. The van der Waals surface area contributed by atoms with Crippen molar-refractivity contribution in [1.82, 2.24) is 4.90 Å². The van der Waals surface area contributed by atoms with Crippen molar-refractivity contribution in [2.75, 3.05) is 12.4 Å². The molecule has 18 heavy (non-hydrogen) atoms. The first-order valence-corrected chi connectivity index (χ1v) is 6.74. The van der Waals surface area contributed by atoms with E-state index < -0.39 is 0 Å². The number of hydrogen-bond acceptors (Lipinski definition) is 2. The predicted molar refractivity (Wildman–Crippen MR) is 74.9 cm³/mol. The van der Waals surface area contributed by atoms with E-state index in [9.17, 15) is 4.79 Å². The number of carbonyl (C=O) groups excluding carboxylic acids is 1. The minimum atomic E-state index is 0.152. The van der Waals surface area contributed by atoms with Gasteiger partial charge < -0.3 is 10.2 Å². The molecule has 3 nitrogen and oxygen atoms in total. The van der Waals surface area contributed by atoms with Gasteiger partial charge >= 0.3 is 0 Å². The second-order valence-electron chi connectivity index (χ2n) is 5.14. The van der Waals surface area contributed by atoms with Gasteiger partial charge in [0.2, 0.25) is 0 Å². The van der Waals surface area contributed by atoms with Gasteiger partial charge in [-0.3, -0.25) is 4.79 Å². The molecule has 1 aliphatic rings. The molecule has 1 aliphatic heterocycles. The summed E-state index contributed by atoms with van der Waals surface area (Å²) in [6.45, 7) is 4.30. The van der Waals surface area contributed by atoms with E-state index in [4.69, 9.17) is 0 Å². The Morgan fingerprint density at radius 1 is 1.22 bits per heavy atom. The Kier molecular flexibility index (Phi) is 3.90. The van der Waals surface area contributed by atoms with E-state index >= 15 is 0 Å². The van der Waals surface area contributed by atoms with Gasteiger partial charge in [-0.1, -0.05) is 12.1 Å². The van der Waals surface area contributed by atoms with Crippen molar-refractivity contribution >= 4 is 11.6 Å². The number of rotatable bonds is 2. The summed E-state index contributed by atoms with van der Waals surface area (Å²) in [7, 11) is 1.86. The Morgan fingerprint density at radius 2 is 1.83 bits per heavy atom. The largest absolute Gasteiger partial charge is 0.387 e. The van der Waals surface area contributed by atoms with Crippen molar-refractivity contribution in [3.8, 4) is 0 Å². The van der Waals surface area contributed by atoms with Crippen LogP contribution < -0.4 is 5.32 Å². The first kappa shape index (κ1) is 12.9. The number of likely N-dealkylation sites (tertiary alicyclic amines) is 1. The molecular formula is C15H22N2O. The molecule has 1 amide bonds. The van der Waals surface area contributed by atoms with E-state index in [0.29, 0.717) is 12.1 Å². The van der Waals surface area contributed by atoms with Crippen LogP contribution >= 0.6 is 0 Å². The number of nitrogens with zero attached hydrogens (tertiary/aromatic N) is 1. The number of anilines is 1. The minimum absolute atomic E-state index is 0.152. The molecule has 1 aromatic rings. The molecule has 1 heterocycles. The minimum Gasteiger partial charge on any atom is -0.387 e. The van der Waals surface area contributed by atoms with Crippen LogP contribution in [-0.4, -0.2) is 29.9 Å². The number of amides is 1. The first-order chi connectivity index (χ1) is 8.65.